The molecule has 0 aliphatic heterocycles. The molecule has 5 rings (SSSR count). The van der Waals surface area contributed by atoms with Gasteiger partial charge in [-0.25, -0.2) is 5.43 Å². The van der Waals surface area contributed by atoms with Crippen molar-refractivity contribution in [3.8, 4) is 11.9 Å². The summed E-state index contributed by atoms with van der Waals surface area (Å²) in [6.07, 6.45) is 7.95. The molecule has 27 heavy (non-hydrogen) atoms. The number of hydrogen-bond donors (Lipinski definition) is 2. The normalized spacial score (nSPS) is 31.2. The van der Waals surface area contributed by atoms with Crippen LogP contribution in [0.15, 0.2) is 9.90 Å². The van der Waals surface area contributed by atoms with Crippen molar-refractivity contribution in [2.24, 2.45) is 35.3 Å². The molecule has 142 valence electrons. The zero-order valence-electron chi connectivity index (χ0n) is 15.7. The standard InChI is InChI=1S/C20H24N4O3/c1-11-15(9-21)17(25)24(2)18(26)16(11)10-22-23-19(27)20-6-12-3-13(7-20)5-14(4-12)8-20/h10,12-14,26H,3-8H2,1-2H3,(H,23,27)/b22-10+. The minimum atomic E-state index is -0.553. The Labute approximate surface area is 157 Å². The van der Waals surface area contributed by atoms with Crippen LogP contribution in [-0.2, 0) is 11.8 Å². The number of carbonyl (C=O) groups is 1. The Morgan fingerprint density at radius 2 is 1.85 bits per heavy atom. The Morgan fingerprint density at radius 1 is 1.30 bits per heavy atom. The third-order valence-electron chi connectivity index (χ3n) is 6.85. The van der Waals surface area contributed by atoms with E-state index in [9.17, 15) is 20.0 Å². The van der Waals surface area contributed by atoms with Gasteiger partial charge in [-0.05, 0) is 68.8 Å². The Bertz CT molecular complexity index is 903. The Hall–Kier alpha value is -2.62. The molecule has 0 radical (unpaired) electrons. The summed E-state index contributed by atoms with van der Waals surface area (Å²) in [6, 6.07) is 1.87. The molecule has 1 aromatic rings. The molecule has 7 nitrogen and oxygen atoms in total. The largest absolute Gasteiger partial charge is 0.494 e. The SMILES string of the molecule is Cc1c(/C=N/NC(=O)C23CC4CC(CC(C4)C2)C3)c(O)n(C)c(=O)c1C#N. The molecule has 1 amide bonds. The second kappa shape index (κ2) is 6.22. The number of amides is 1. The molecule has 4 aliphatic rings. The Morgan fingerprint density at radius 3 is 2.37 bits per heavy atom. The van der Waals surface area contributed by atoms with Gasteiger partial charge in [0.25, 0.3) is 5.56 Å². The van der Waals surface area contributed by atoms with Crippen molar-refractivity contribution in [3.63, 3.8) is 0 Å². The van der Waals surface area contributed by atoms with Crippen molar-refractivity contribution in [2.45, 2.75) is 45.4 Å². The smallest absolute Gasteiger partial charge is 0.271 e. The van der Waals surface area contributed by atoms with Crippen molar-refractivity contribution >= 4 is 12.1 Å². The summed E-state index contributed by atoms with van der Waals surface area (Å²) in [5.74, 6) is 1.68. The highest BCUT2D eigenvalue weighted by atomic mass is 16.3. The fourth-order valence-corrected chi connectivity index (χ4v) is 5.86. The number of hydrogen-bond acceptors (Lipinski definition) is 5. The van der Waals surface area contributed by atoms with Crippen LogP contribution in [0, 0.1) is 41.4 Å². The first-order valence-electron chi connectivity index (χ1n) is 9.51. The summed E-state index contributed by atoms with van der Waals surface area (Å²) in [6.45, 7) is 1.59. The van der Waals surface area contributed by atoms with Crippen LogP contribution in [0.25, 0.3) is 0 Å². The van der Waals surface area contributed by atoms with E-state index in [-0.39, 0.29) is 28.3 Å². The lowest BCUT2D eigenvalue weighted by molar-refractivity contribution is -0.146. The molecule has 1 aromatic heterocycles. The van der Waals surface area contributed by atoms with E-state index in [1.807, 2.05) is 6.07 Å². The van der Waals surface area contributed by atoms with E-state index in [1.54, 1.807) is 6.92 Å². The number of nitrogens with zero attached hydrogens (tertiary/aromatic N) is 3. The van der Waals surface area contributed by atoms with E-state index in [0.717, 1.165) is 23.8 Å². The summed E-state index contributed by atoms with van der Waals surface area (Å²) in [5, 5.41) is 23.5. The molecule has 4 aliphatic carbocycles. The zero-order valence-corrected chi connectivity index (χ0v) is 15.7. The molecule has 0 aromatic carbocycles. The van der Waals surface area contributed by atoms with Gasteiger partial charge in [0.05, 0.1) is 17.2 Å². The molecule has 4 bridgehead atoms. The van der Waals surface area contributed by atoms with Crippen molar-refractivity contribution < 1.29 is 9.90 Å². The molecular formula is C20H24N4O3. The first kappa shape index (κ1) is 17.8. The van der Waals surface area contributed by atoms with Crippen molar-refractivity contribution in [1.82, 2.24) is 9.99 Å². The number of carbonyl (C=O) groups excluding carboxylic acids is 1. The van der Waals surface area contributed by atoms with Crippen molar-refractivity contribution in [1.29, 1.82) is 5.26 Å². The summed E-state index contributed by atoms with van der Waals surface area (Å²) < 4.78 is 1.01. The highest BCUT2D eigenvalue weighted by molar-refractivity contribution is 5.88. The number of nitriles is 1. The molecule has 0 unspecified atom stereocenters. The van der Waals surface area contributed by atoms with Crippen LogP contribution in [0.1, 0.15) is 55.2 Å². The summed E-state index contributed by atoms with van der Waals surface area (Å²) >= 11 is 0. The second-order valence-corrected chi connectivity index (χ2v) is 8.61. The van der Waals surface area contributed by atoms with Gasteiger partial charge in [0.1, 0.15) is 11.6 Å². The molecule has 0 spiro atoms. The van der Waals surface area contributed by atoms with Gasteiger partial charge in [-0.2, -0.15) is 10.4 Å². The second-order valence-electron chi connectivity index (χ2n) is 8.61. The van der Waals surface area contributed by atoms with Crippen LogP contribution in [0.3, 0.4) is 0 Å². The fourth-order valence-electron chi connectivity index (χ4n) is 5.86. The van der Waals surface area contributed by atoms with Gasteiger partial charge in [-0.1, -0.05) is 0 Å². The number of rotatable bonds is 3. The fraction of sp³-hybridized carbons (Fsp3) is 0.600. The third kappa shape index (κ3) is 2.75. The van der Waals surface area contributed by atoms with Gasteiger partial charge >= 0.3 is 0 Å². The lowest BCUT2D eigenvalue weighted by Crippen LogP contribution is -2.52. The number of pyridine rings is 1. The topological polar surface area (TPSA) is 107 Å². The Kier molecular flexibility index (Phi) is 4.10. The lowest BCUT2D eigenvalue weighted by Gasteiger charge is -2.55. The maximum absolute atomic E-state index is 12.9. The Balaban J connectivity index is 1.55. The summed E-state index contributed by atoms with van der Waals surface area (Å²) in [7, 11) is 1.39. The first-order valence-corrected chi connectivity index (χ1v) is 9.51. The average molecular weight is 368 g/mol. The number of hydrazone groups is 1. The first-order chi connectivity index (χ1) is 12.8. The van der Waals surface area contributed by atoms with E-state index in [2.05, 4.69) is 10.5 Å². The van der Waals surface area contributed by atoms with Crippen LogP contribution in [0.4, 0.5) is 0 Å². The summed E-state index contributed by atoms with van der Waals surface area (Å²) in [4.78, 5) is 24.9. The molecular weight excluding hydrogens is 344 g/mol. The molecule has 0 atom stereocenters. The number of nitrogens with one attached hydrogen (secondary N) is 1. The highest BCUT2D eigenvalue weighted by Crippen LogP contribution is 2.60. The monoisotopic (exact) mass is 368 g/mol. The number of aromatic hydroxyl groups is 1. The molecule has 0 saturated heterocycles. The van der Waals surface area contributed by atoms with E-state index >= 15 is 0 Å². The predicted octanol–water partition coefficient (Wildman–Crippen LogP) is 1.94. The van der Waals surface area contributed by atoms with Gasteiger partial charge in [-0.15, -0.1) is 0 Å². The average Bonchev–Trinajstić information content (AvgIpc) is 2.62. The van der Waals surface area contributed by atoms with E-state index in [0.29, 0.717) is 23.3 Å². The maximum Gasteiger partial charge on any atom is 0.271 e. The predicted molar refractivity (Wildman–Crippen MR) is 99.1 cm³/mol. The summed E-state index contributed by atoms with van der Waals surface area (Å²) in [5.41, 5.74) is 2.39. The van der Waals surface area contributed by atoms with Crippen LogP contribution in [-0.4, -0.2) is 21.8 Å². The van der Waals surface area contributed by atoms with Crippen molar-refractivity contribution in [3.05, 3.63) is 27.0 Å². The minimum Gasteiger partial charge on any atom is -0.494 e. The molecule has 7 heteroatoms. The lowest BCUT2D eigenvalue weighted by atomic mass is 9.49. The minimum absolute atomic E-state index is 0.0378. The van der Waals surface area contributed by atoms with Gasteiger partial charge in [0.15, 0.2) is 0 Å². The zero-order chi connectivity index (χ0) is 19.3. The van der Waals surface area contributed by atoms with Gasteiger partial charge in [0.2, 0.25) is 11.8 Å². The maximum atomic E-state index is 12.9. The van der Waals surface area contributed by atoms with E-state index < -0.39 is 5.56 Å². The number of aromatic nitrogens is 1. The third-order valence-corrected chi connectivity index (χ3v) is 6.85. The van der Waals surface area contributed by atoms with Gasteiger partial charge in [0, 0.05) is 7.05 Å². The molecule has 1 heterocycles. The van der Waals surface area contributed by atoms with E-state index in [4.69, 9.17) is 0 Å². The quantitative estimate of drug-likeness (QED) is 0.628. The molecule has 4 fully saturated rings. The van der Waals surface area contributed by atoms with E-state index in [1.165, 1.54) is 32.5 Å². The van der Waals surface area contributed by atoms with Crippen LogP contribution in [0.2, 0.25) is 0 Å². The van der Waals surface area contributed by atoms with Gasteiger partial charge in [-0.3, -0.25) is 14.2 Å². The molecule has 4 saturated carbocycles. The van der Waals surface area contributed by atoms with Gasteiger partial charge < -0.3 is 5.11 Å². The van der Waals surface area contributed by atoms with Crippen LogP contribution < -0.4 is 11.0 Å². The van der Waals surface area contributed by atoms with Crippen molar-refractivity contribution in [2.75, 3.05) is 0 Å². The molecule has 2 N–H and O–H groups in total. The highest BCUT2D eigenvalue weighted by Gasteiger charge is 2.54. The van der Waals surface area contributed by atoms with Crippen LogP contribution in [0.5, 0.6) is 5.88 Å². The van der Waals surface area contributed by atoms with Crippen LogP contribution >= 0.6 is 0 Å².